The van der Waals surface area contributed by atoms with E-state index in [9.17, 15) is 40.2 Å². The molecule has 4 saturated heterocycles. The monoisotopic (exact) mass is 520 g/mol. The molecule has 0 aromatic rings. The van der Waals surface area contributed by atoms with Crippen molar-refractivity contribution >= 4 is 11.9 Å². The molecule has 0 bridgehead atoms. The molecule has 12 nitrogen and oxygen atoms in total. The molecule has 0 radical (unpaired) electrons. The van der Waals surface area contributed by atoms with E-state index in [4.69, 9.17) is 9.47 Å². The van der Waals surface area contributed by atoms with Gasteiger partial charge in [-0.2, -0.15) is 0 Å². The summed E-state index contributed by atoms with van der Waals surface area (Å²) >= 11 is 0. The van der Waals surface area contributed by atoms with Gasteiger partial charge in [0.2, 0.25) is 0 Å². The maximum absolute atomic E-state index is 11.8. The lowest BCUT2D eigenvalue weighted by Gasteiger charge is -2.40. The molecule has 6 unspecified atom stereocenters. The van der Waals surface area contributed by atoms with E-state index in [-0.39, 0.29) is 48.7 Å². The van der Waals surface area contributed by atoms with Crippen molar-refractivity contribution in [3.05, 3.63) is 0 Å². The Morgan fingerprint density at radius 2 is 1.00 bits per heavy atom. The largest absolute Gasteiger partial charge is 0.466 e. The smallest absolute Gasteiger partial charge is 0.315 e. The van der Waals surface area contributed by atoms with Crippen molar-refractivity contribution in [1.82, 2.24) is 0 Å². The Labute approximate surface area is 211 Å². The van der Waals surface area contributed by atoms with Crippen molar-refractivity contribution in [2.75, 3.05) is 26.3 Å². The predicted octanol–water partition coefficient (Wildman–Crippen LogP) is -5.38. The van der Waals surface area contributed by atoms with Gasteiger partial charge in [-0.05, 0) is 40.5 Å². The molecule has 0 aliphatic carbocycles. The van der Waals surface area contributed by atoms with Crippen LogP contribution in [0.25, 0.3) is 0 Å². The first-order valence-electron chi connectivity index (χ1n) is 13.1. The highest BCUT2D eigenvalue weighted by Crippen LogP contribution is 2.25. The van der Waals surface area contributed by atoms with Crippen LogP contribution in [0.2, 0.25) is 0 Å². The fraction of sp³-hybridized carbons (Fsp3) is 0.917. The van der Waals surface area contributed by atoms with Gasteiger partial charge >= 0.3 is 11.9 Å². The summed E-state index contributed by atoms with van der Waals surface area (Å²) in [5.74, 6) is -1.34. The van der Waals surface area contributed by atoms with Crippen LogP contribution in [-0.2, 0) is 19.1 Å². The van der Waals surface area contributed by atoms with Gasteiger partial charge in [-0.3, -0.25) is 9.59 Å². The lowest BCUT2D eigenvalue weighted by atomic mass is 9.84. The van der Waals surface area contributed by atoms with Gasteiger partial charge in [0.05, 0.1) is 25.3 Å². The maximum atomic E-state index is 11.8. The first-order valence-corrected chi connectivity index (χ1v) is 13.1. The summed E-state index contributed by atoms with van der Waals surface area (Å²) in [7, 11) is 0. The lowest BCUT2D eigenvalue weighted by molar-refractivity contribution is -0.950. The number of piperidine rings is 2. The topological polar surface area (TPSA) is 183 Å². The molecule has 4 heterocycles. The number of carbonyl (C=O) groups is 2. The van der Waals surface area contributed by atoms with E-state index in [1.165, 1.54) is 0 Å². The number of aliphatic hydroxyl groups is 6. The molecule has 4 aliphatic heterocycles. The summed E-state index contributed by atoms with van der Waals surface area (Å²) in [6.45, 7) is 8.67. The summed E-state index contributed by atoms with van der Waals surface area (Å²) in [6, 6.07) is -0.935. The Balaban J connectivity index is 0.000000201. The lowest BCUT2D eigenvalue weighted by Crippen LogP contribution is -3.21. The Morgan fingerprint density at radius 3 is 1.31 bits per heavy atom. The van der Waals surface area contributed by atoms with Gasteiger partial charge in [-0.15, -0.1) is 0 Å². The Bertz CT molecular complexity index is 709. The number of ether oxygens (including phenoxy) is 2. The molecule has 36 heavy (non-hydrogen) atoms. The normalized spacial score (nSPS) is 47.7. The third kappa shape index (κ3) is 5.56. The van der Waals surface area contributed by atoms with E-state index >= 15 is 0 Å². The van der Waals surface area contributed by atoms with Crippen LogP contribution in [0.4, 0.5) is 0 Å². The predicted molar refractivity (Wildman–Crippen MR) is 124 cm³/mol. The molecule has 208 valence electrons. The van der Waals surface area contributed by atoms with Crippen molar-refractivity contribution in [3.63, 3.8) is 0 Å². The van der Waals surface area contributed by atoms with Crippen LogP contribution in [0.5, 0.6) is 0 Å². The van der Waals surface area contributed by atoms with Crippen molar-refractivity contribution in [1.29, 1.82) is 0 Å². The molecule has 0 spiro atoms. The molecule has 4 aliphatic rings. The molecule has 0 aromatic heterocycles. The first kappa shape index (κ1) is 29.2. The standard InChI is InChI=1S/2C12H21NO5/c2*1-3-18-12(17)7-4-8(14)10-11(16)9(15)5-13(10)6(7)2/h2*6-11,14-16H,3-5H2,1-2H3/p+2/t6?,7?,8?,9-,10+,11?;6-,7-,8+,9+,10+,11+/m00/s1. The molecule has 0 saturated carbocycles. The zero-order valence-corrected chi connectivity index (χ0v) is 21.5. The Kier molecular flexibility index (Phi) is 9.72. The van der Waals surface area contributed by atoms with Gasteiger partial charge in [0.1, 0.15) is 73.6 Å². The highest BCUT2D eigenvalue weighted by Gasteiger charge is 2.57. The number of quaternary nitrogens is 2. The second kappa shape index (κ2) is 12.0. The van der Waals surface area contributed by atoms with Crippen LogP contribution < -0.4 is 9.80 Å². The van der Waals surface area contributed by atoms with Gasteiger partial charge in [0.25, 0.3) is 0 Å². The molecule has 4 fully saturated rings. The van der Waals surface area contributed by atoms with E-state index < -0.39 is 48.7 Å². The fourth-order valence-corrected chi connectivity index (χ4v) is 6.68. The average molecular weight is 521 g/mol. The van der Waals surface area contributed by atoms with E-state index in [1.807, 2.05) is 13.8 Å². The number of nitrogens with one attached hydrogen (secondary N) is 2. The number of fused-ring (bicyclic) bond motifs is 2. The van der Waals surface area contributed by atoms with Crippen molar-refractivity contribution in [3.8, 4) is 0 Å². The second-order valence-electron chi connectivity index (χ2n) is 10.6. The number of rotatable bonds is 4. The van der Waals surface area contributed by atoms with Crippen LogP contribution in [0.1, 0.15) is 40.5 Å². The number of carbonyl (C=O) groups excluding carboxylic acids is 2. The third-order valence-corrected chi connectivity index (χ3v) is 8.65. The van der Waals surface area contributed by atoms with Gasteiger partial charge in [0, 0.05) is 0 Å². The molecular formula is C24H44N2O10+2. The van der Waals surface area contributed by atoms with Crippen LogP contribution >= 0.6 is 0 Å². The van der Waals surface area contributed by atoms with Gasteiger partial charge in [-0.1, -0.05) is 0 Å². The van der Waals surface area contributed by atoms with E-state index in [1.54, 1.807) is 13.8 Å². The van der Waals surface area contributed by atoms with Crippen molar-refractivity contribution < 1.29 is 59.5 Å². The van der Waals surface area contributed by atoms with Crippen LogP contribution in [0, 0.1) is 11.8 Å². The third-order valence-electron chi connectivity index (χ3n) is 8.65. The van der Waals surface area contributed by atoms with E-state index in [0.29, 0.717) is 26.3 Å². The second-order valence-corrected chi connectivity index (χ2v) is 10.6. The van der Waals surface area contributed by atoms with Gasteiger partial charge in [0.15, 0.2) is 0 Å². The highest BCUT2D eigenvalue weighted by molar-refractivity contribution is 5.73. The quantitative estimate of drug-likeness (QED) is 0.167. The molecule has 8 N–H and O–H groups in total. The van der Waals surface area contributed by atoms with Crippen molar-refractivity contribution in [2.24, 2.45) is 11.8 Å². The van der Waals surface area contributed by atoms with Crippen LogP contribution in [-0.4, -0.2) is 130 Å². The molecule has 14 atom stereocenters. The summed E-state index contributed by atoms with van der Waals surface area (Å²) in [4.78, 5) is 25.5. The van der Waals surface area contributed by atoms with Gasteiger partial charge in [-0.25, -0.2) is 0 Å². The zero-order chi connectivity index (χ0) is 26.9. The first-order chi connectivity index (χ1) is 16.9. The summed E-state index contributed by atoms with van der Waals surface area (Å²) in [5.41, 5.74) is 0. The number of hydrogen-bond donors (Lipinski definition) is 8. The molecule has 4 rings (SSSR count). The highest BCUT2D eigenvalue weighted by atomic mass is 16.5. The summed E-state index contributed by atoms with van der Waals surface area (Å²) in [5, 5.41) is 59.3. The number of aliphatic hydroxyl groups excluding tert-OH is 6. The summed E-state index contributed by atoms with van der Waals surface area (Å²) < 4.78 is 10.0. The maximum Gasteiger partial charge on any atom is 0.315 e. The SMILES string of the molecule is CCOC(=O)C1CC(O)[C@@H]2C(O)[C@@H](O)C[NH+]2C1C.CCOC(=O)[C@H]1C[C@@H](O)[C@@H]2[C@H](O)[C@H](O)C[NH+]2[C@H]1C. The molecule has 0 aromatic carbocycles. The average Bonchev–Trinajstić information content (AvgIpc) is 3.30. The number of esters is 2. The van der Waals surface area contributed by atoms with Crippen LogP contribution in [0.3, 0.4) is 0 Å². The van der Waals surface area contributed by atoms with Gasteiger partial charge < -0.3 is 49.9 Å². The fourth-order valence-electron chi connectivity index (χ4n) is 6.68. The summed E-state index contributed by atoms with van der Waals surface area (Å²) in [6.07, 6.45) is -4.47. The van der Waals surface area contributed by atoms with E-state index in [2.05, 4.69) is 0 Å². The molecular weight excluding hydrogens is 476 g/mol. The van der Waals surface area contributed by atoms with E-state index in [0.717, 1.165) is 9.80 Å². The van der Waals surface area contributed by atoms with Crippen LogP contribution in [0.15, 0.2) is 0 Å². The minimum absolute atomic E-state index is 0.0655. The minimum Gasteiger partial charge on any atom is -0.466 e. The molecule has 12 heteroatoms. The molecule has 0 amide bonds. The van der Waals surface area contributed by atoms with Crippen molar-refractivity contribution in [2.45, 2.75) is 101 Å². The minimum atomic E-state index is -0.916. The number of hydrogen-bond acceptors (Lipinski definition) is 10. The zero-order valence-electron chi connectivity index (χ0n) is 21.5. The Morgan fingerprint density at radius 1 is 0.667 bits per heavy atom. The Hall–Kier alpha value is -1.38.